The van der Waals surface area contributed by atoms with Crippen molar-refractivity contribution in [2.24, 2.45) is 0 Å². The van der Waals surface area contributed by atoms with E-state index in [1.165, 1.54) is 30.4 Å². The average molecular weight is 250 g/mol. The van der Waals surface area contributed by atoms with Crippen LogP contribution in [0.2, 0.25) is 0 Å². The van der Waals surface area contributed by atoms with Crippen molar-refractivity contribution in [1.82, 2.24) is 4.98 Å². The predicted octanol–water partition coefficient (Wildman–Crippen LogP) is 3.62. The second kappa shape index (κ2) is 5.11. The van der Waals surface area contributed by atoms with Crippen LogP contribution in [0.4, 0.5) is 0 Å². The highest BCUT2D eigenvalue weighted by atomic mass is 16.5. The van der Waals surface area contributed by atoms with Crippen LogP contribution in [-0.4, -0.2) is 4.98 Å². The topological polar surface area (TPSA) is 45.9 Å². The SMILES string of the molecule is N#Cc1ccc(Oc2ccc3c(c2)CCCC3)cn1. The quantitative estimate of drug-likeness (QED) is 0.817. The maximum atomic E-state index is 8.70. The van der Waals surface area contributed by atoms with Gasteiger partial charge in [-0.1, -0.05) is 6.07 Å². The van der Waals surface area contributed by atoms with Gasteiger partial charge >= 0.3 is 0 Å². The highest BCUT2D eigenvalue weighted by molar-refractivity contribution is 5.39. The first-order chi connectivity index (χ1) is 9.35. The van der Waals surface area contributed by atoms with Gasteiger partial charge in [0.1, 0.15) is 23.3 Å². The molecule has 1 aliphatic carbocycles. The number of aromatic nitrogens is 1. The summed E-state index contributed by atoms with van der Waals surface area (Å²) in [4.78, 5) is 3.99. The van der Waals surface area contributed by atoms with Crippen LogP contribution in [0.15, 0.2) is 36.5 Å². The average Bonchev–Trinajstić information content (AvgIpc) is 2.48. The Morgan fingerprint density at radius 2 is 1.79 bits per heavy atom. The third kappa shape index (κ3) is 2.58. The van der Waals surface area contributed by atoms with Gasteiger partial charge in [0, 0.05) is 0 Å². The Labute approximate surface area is 112 Å². The van der Waals surface area contributed by atoms with E-state index in [2.05, 4.69) is 17.1 Å². The van der Waals surface area contributed by atoms with Crippen molar-refractivity contribution in [3.05, 3.63) is 53.3 Å². The van der Waals surface area contributed by atoms with E-state index in [0.29, 0.717) is 11.4 Å². The summed E-state index contributed by atoms with van der Waals surface area (Å²) >= 11 is 0. The molecule has 0 spiro atoms. The van der Waals surface area contributed by atoms with Crippen LogP contribution >= 0.6 is 0 Å². The molecule has 19 heavy (non-hydrogen) atoms. The molecular formula is C16H14N2O. The van der Waals surface area contributed by atoms with Gasteiger partial charge in [-0.05, 0) is 61.1 Å². The first kappa shape index (κ1) is 11.7. The van der Waals surface area contributed by atoms with Crippen molar-refractivity contribution in [3.63, 3.8) is 0 Å². The van der Waals surface area contributed by atoms with Crippen molar-refractivity contribution in [1.29, 1.82) is 5.26 Å². The summed E-state index contributed by atoms with van der Waals surface area (Å²) in [6, 6.07) is 11.7. The molecule has 3 nitrogen and oxygen atoms in total. The summed E-state index contributed by atoms with van der Waals surface area (Å²) in [5.74, 6) is 1.50. The van der Waals surface area contributed by atoms with E-state index >= 15 is 0 Å². The molecule has 3 rings (SSSR count). The Morgan fingerprint density at radius 3 is 2.53 bits per heavy atom. The molecule has 0 fully saturated rings. The molecule has 0 N–H and O–H groups in total. The molecule has 0 unspecified atom stereocenters. The fraction of sp³-hybridized carbons (Fsp3) is 0.250. The molecule has 0 saturated heterocycles. The van der Waals surface area contributed by atoms with Gasteiger partial charge in [0.2, 0.25) is 0 Å². The maximum absolute atomic E-state index is 8.70. The number of rotatable bonds is 2. The molecule has 2 aromatic rings. The van der Waals surface area contributed by atoms with Crippen molar-refractivity contribution in [2.45, 2.75) is 25.7 Å². The van der Waals surface area contributed by atoms with E-state index in [-0.39, 0.29) is 0 Å². The fourth-order valence-electron chi connectivity index (χ4n) is 2.42. The summed E-state index contributed by atoms with van der Waals surface area (Å²) in [5, 5.41) is 8.70. The molecule has 0 atom stereocenters. The third-order valence-electron chi connectivity index (χ3n) is 3.41. The number of nitriles is 1. The molecule has 0 bridgehead atoms. The number of hydrogen-bond acceptors (Lipinski definition) is 3. The first-order valence-corrected chi connectivity index (χ1v) is 6.51. The monoisotopic (exact) mass is 250 g/mol. The molecule has 3 heteroatoms. The fourth-order valence-corrected chi connectivity index (χ4v) is 2.42. The maximum Gasteiger partial charge on any atom is 0.145 e. The lowest BCUT2D eigenvalue weighted by Gasteiger charge is -2.16. The summed E-state index contributed by atoms with van der Waals surface area (Å²) in [6.07, 6.45) is 6.44. The highest BCUT2D eigenvalue weighted by Crippen LogP contribution is 2.28. The number of nitrogens with zero attached hydrogens (tertiary/aromatic N) is 2. The lowest BCUT2D eigenvalue weighted by atomic mass is 9.92. The van der Waals surface area contributed by atoms with Crippen molar-refractivity contribution >= 4 is 0 Å². The Kier molecular flexibility index (Phi) is 3.16. The molecule has 94 valence electrons. The van der Waals surface area contributed by atoms with Gasteiger partial charge < -0.3 is 4.74 Å². The summed E-state index contributed by atoms with van der Waals surface area (Å²) in [7, 11) is 0. The van der Waals surface area contributed by atoms with Crippen molar-refractivity contribution in [2.75, 3.05) is 0 Å². The number of pyridine rings is 1. The summed E-state index contributed by atoms with van der Waals surface area (Å²) in [5.41, 5.74) is 3.24. The zero-order chi connectivity index (χ0) is 13.1. The number of hydrogen-bond donors (Lipinski definition) is 0. The zero-order valence-corrected chi connectivity index (χ0v) is 10.6. The van der Waals surface area contributed by atoms with E-state index < -0.39 is 0 Å². The van der Waals surface area contributed by atoms with Crippen LogP contribution in [0.5, 0.6) is 11.5 Å². The van der Waals surface area contributed by atoms with Gasteiger partial charge in [-0.2, -0.15) is 5.26 Å². The molecular weight excluding hydrogens is 236 g/mol. The predicted molar refractivity (Wildman–Crippen MR) is 72.1 cm³/mol. The molecule has 0 amide bonds. The molecule has 0 saturated carbocycles. The van der Waals surface area contributed by atoms with E-state index in [9.17, 15) is 0 Å². The van der Waals surface area contributed by atoms with Crippen LogP contribution in [-0.2, 0) is 12.8 Å². The molecule has 1 heterocycles. The highest BCUT2D eigenvalue weighted by Gasteiger charge is 2.10. The van der Waals surface area contributed by atoms with E-state index in [4.69, 9.17) is 10.00 Å². The minimum absolute atomic E-state index is 0.401. The van der Waals surface area contributed by atoms with Gasteiger partial charge in [0.25, 0.3) is 0 Å². The van der Waals surface area contributed by atoms with E-state index in [1.54, 1.807) is 18.3 Å². The molecule has 1 aliphatic rings. The second-order valence-corrected chi connectivity index (χ2v) is 4.73. The van der Waals surface area contributed by atoms with Crippen LogP contribution in [0, 0.1) is 11.3 Å². The van der Waals surface area contributed by atoms with Gasteiger partial charge in [-0.15, -0.1) is 0 Å². The van der Waals surface area contributed by atoms with E-state index in [0.717, 1.165) is 12.2 Å². The van der Waals surface area contributed by atoms with Crippen LogP contribution in [0.1, 0.15) is 29.7 Å². The lowest BCUT2D eigenvalue weighted by Crippen LogP contribution is -2.02. The number of aryl methyl sites for hydroxylation is 2. The third-order valence-corrected chi connectivity index (χ3v) is 3.41. The Balaban J connectivity index is 1.81. The van der Waals surface area contributed by atoms with Gasteiger partial charge in [-0.25, -0.2) is 4.98 Å². The summed E-state index contributed by atoms with van der Waals surface area (Å²) < 4.78 is 5.77. The van der Waals surface area contributed by atoms with Crippen LogP contribution in [0.25, 0.3) is 0 Å². The summed E-state index contributed by atoms with van der Waals surface area (Å²) in [6.45, 7) is 0. The Bertz CT molecular complexity index is 626. The Morgan fingerprint density at radius 1 is 1.00 bits per heavy atom. The molecule has 1 aromatic heterocycles. The van der Waals surface area contributed by atoms with Gasteiger partial charge in [-0.3, -0.25) is 0 Å². The minimum Gasteiger partial charge on any atom is -0.456 e. The smallest absolute Gasteiger partial charge is 0.145 e. The van der Waals surface area contributed by atoms with E-state index in [1.807, 2.05) is 12.1 Å². The normalized spacial score (nSPS) is 13.4. The van der Waals surface area contributed by atoms with Crippen LogP contribution in [0.3, 0.4) is 0 Å². The lowest BCUT2D eigenvalue weighted by molar-refractivity contribution is 0.478. The second-order valence-electron chi connectivity index (χ2n) is 4.73. The van der Waals surface area contributed by atoms with Crippen LogP contribution < -0.4 is 4.74 Å². The van der Waals surface area contributed by atoms with Gasteiger partial charge in [0.05, 0.1) is 6.20 Å². The number of ether oxygens (including phenoxy) is 1. The molecule has 1 aromatic carbocycles. The standard InChI is InChI=1S/C16H14N2O/c17-10-14-6-8-16(11-18-14)19-15-7-5-12-3-1-2-4-13(12)9-15/h5-9,11H,1-4H2. The molecule has 0 aliphatic heterocycles. The largest absolute Gasteiger partial charge is 0.456 e. The Hall–Kier alpha value is -2.34. The zero-order valence-electron chi connectivity index (χ0n) is 10.6. The van der Waals surface area contributed by atoms with Crippen molar-refractivity contribution in [3.8, 4) is 17.6 Å². The minimum atomic E-state index is 0.401. The van der Waals surface area contributed by atoms with Crippen molar-refractivity contribution < 1.29 is 4.74 Å². The number of benzene rings is 1. The first-order valence-electron chi connectivity index (χ1n) is 6.51. The van der Waals surface area contributed by atoms with Gasteiger partial charge in [0.15, 0.2) is 0 Å². The number of fused-ring (bicyclic) bond motifs is 1. The molecule has 0 radical (unpaired) electrons.